The smallest absolute Gasteiger partial charge is 0.381 e. The average Bonchev–Trinajstić information content (AvgIpc) is 2.95. The number of phosphoric ester groups is 1. The molecule has 0 amide bonds. The summed E-state index contributed by atoms with van der Waals surface area (Å²) in [6, 6.07) is 0. The lowest BCUT2D eigenvalue weighted by Gasteiger charge is -2.29. The van der Waals surface area contributed by atoms with Gasteiger partial charge in [0.2, 0.25) is 0 Å². The lowest BCUT2D eigenvalue weighted by atomic mass is 10.1. The van der Waals surface area contributed by atoms with Crippen molar-refractivity contribution in [2.75, 3.05) is 6.16 Å². The maximum atomic E-state index is 12.3. The quantitative estimate of drug-likeness (QED) is 0.323. The van der Waals surface area contributed by atoms with E-state index in [1.54, 1.807) is 6.92 Å². The summed E-state index contributed by atoms with van der Waals surface area (Å²) in [5.74, 6) is 0. The zero-order chi connectivity index (χ0) is 21.1. The molecule has 1 saturated heterocycles. The fourth-order valence-electron chi connectivity index (χ4n) is 3.21. The van der Waals surface area contributed by atoms with Crippen molar-refractivity contribution in [3.05, 3.63) is 32.6 Å². The third-order valence-electron chi connectivity index (χ3n) is 4.53. The number of nitrogens with zero attached hydrogens (tertiary/aromatic N) is 1. The second-order valence-electron chi connectivity index (χ2n) is 6.72. The first-order valence-corrected chi connectivity index (χ1v) is 11.5. The van der Waals surface area contributed by atoms with Crippen LogP contribution >= 0.6 is 15.4 Å². The maximum Gasteiger partial charge on any atom is 0.470 e. The van der Waals surface area contributed by atoms with Gasteiger partial charge in [-0.05, 0) is 13.3 Å². The number of ether oxygens (including phenoxy) is 1. The van der Waals surface area contributed by atoms with Gasteiger partial charge in [0, 0.05) is 17.9 Å². The van der Waals surface area contributed by atoms with Crippen LogP contribution < -0.4 is 11.2 Å². The minimum atomic E-state index is -5.01. The number of H-pyrrole nitrogens is 1. The van der Waals surface area contributed by atoms with Crippen LogP contribution in [-0.4, -0.2) is 59.4 Å². The number of fused-ring (bicyclic) bond motifs is 1. The van der Waals surface area contributed by atoms with Gasteiger partial charge < -0.3 is 24.5 Å². The summed E-state index contributed by atoms with van der Waals surface area (Å²) in [6.07, 6.45) is -4.83. The van der Waals surface area contributed by atoms with Gasteiger partial charge in [-0.25, -0.2) is 9.36 Å². The predicted octanol–water partition coefficient (Wildman–Crippen LogP) is -1.05. The van der Waals surface area contributed by atoms with Crippen molar-refractivity contribution in [1.29, 1.82) is 0 Å². The molecule has 1 aliphatic heterocycles. The number of hydrogen-bond acceptors (Lipinski definition) is 8. The number of rotatable bonds is 7. The van der Waals surface area contributed by atoms with Crippen molar-refractivity contribution < 1.29 is 42.7 Å². The summed E-state index contributed by atoms with van der Waals surface area (Å²) in [5, 5.41) is 10.8. The highest BCUT2D eigenvalue weighted by molar-refractivity contribution is 7.52. The van der Waals surface area contributed by atoms with Crippen molar-refractivity contribution >= 4 is 15.4 Å². The van der Waals surface area contributed by atoms with Gasteiger partial charge in [0.25, 0.3) is 5.56 Å². The van der Waals surface area contributed by atoms with E-state index in [-0.39, 0.29) is 18.1 Å². The molecule has 2 aliphatic rings. The Morgan fingerprint density at radius 3 is 2.46 bits per heavy atom. The van der Waals surface area contributed by atoms with Crippen molar-refractivity contribution in [2.24, 2.45) is 0 Å². The Labute approximate surface area is 157 Å². The molecule has 15 heteroatoms. The van der Waals surface area contributed by atoms with E-state index < -0.39 is 56.8 Å². The summed E-state index contributed by atoms with van der Waals surface area (Å²) < 4.78 is 39.4. The summed E-state index contributed by atoms with van der Waals surface area (Å²) in [4.78, 5) is 53.7. The van der Waals surface area contributed by atoms with Crippen molar-refractivity contribution in [2.45, 2.75) is 50.4 Å². The molecule has 13 nitrogen and oxygen atoms in total. The average molecular weight is 442 g/mol. The Bertz CT molecular complexity index is 983. The lowest BCUT2D eigenvalue weighted by molar-refractivity contribution is -0.0876. The Hall–Kier alpha value is -1.14. The third kappa shape index (κ3) is 3.82. The van der Waals surface area contributed by atoms with Crippen LogP contribution in [0, 0.1) is 6.92 Å². The molecule has 3 rings (SSSR count). The first-order valence-electron chi connectivity index (χ1n) is 8.24. The molecule has 0 spiro atoms. The van der Waals surface area contributed by atoms with Gasteiger partial charge in [0.05, 0.1) is 0 Å². The van der Waals surface area contributed by atoms with E-state index >= 15 is 0 Å². The zero-order valence-electron chi connectivity index (χ0n) is 14.8. The molecule has 2 fully saturated rings. The molecule has 158 valence electrons. The molecular formula is C13H20N2O11P2. The summed E-state index contributed by atoms with van der Waals surface area (Å²) in [7, 11) is -9.25. The van der Waals surface area contributed by atoms with E-state index in [1.807, 2.05) is 4.98 Å². The van der Waals surface area contributed by atoms with E-state index in [2.05, 4.69) is 4.52 Å². The van der Waals surface area contributed by atoms with Crippen LogP contribution in [0.2, 0.25) is 0 Å². The minimum absolute atomic E-state index is 0.123. The monoisotopic (exact) mass is 442 g/mol. The number of aromatic nitrogens is 2. The van der Waals surface area contributed by atoms with Crippen molar-refractivity contribution in [3.63, 3.8) is 0 Å². The van der Waals surface area contributed by atoms with Crippen LogP contribution in [0.4, 0.5) is 0 Å². The highest BCUT2D eigenvalue weighted by atomic mass is 31.2. The van der Waals surface area contributed by atoms with Gasteiger partial charge >= 0.3 is 21.1 Å². The van der Waals surface area contributed by atoms with E-state index in [9.17, 15) is 28.7 Å². The van der Waals surface area contributed by atoms with Gasteiger partial charge in [0.15, 0.2) is 11.8 Å². The third-order valence-corrected chi connectivity index (χ3v) is 6.60. The summed E-state index contributed by atoms with van der Waals surface area (Å²) in [6.45, 7) is 3.03. The van der Waals surface area contributed by atoms with Crippen molar-refractivity contribution in [1.82, 2.24) is 9.55 Å². The highest BCUT2D eigenvalue weighted by Crippen LogP contribution is 2.63. The molecular weight excluding hydrogens is 422 g/mol. The van der Waals surface area contributed by atoms with Crippen LogP contribution in [0.25, 0.3) is 0 Å². The molecule has 0 radical (unpaired) electrons. The summed E-state index contributed by atoms with van der Waals surface area (Å²) >= 11 is 0. The number of phosphoric acid groups is 1. The molecule has 6 atom stereocenters. The molecule has 28 heavy (non-hydrogen) atoms. The Kier molecular flexibility index (Phi) is 5.37. The molecule has 1 aliphatic carbocycles. The Balaban J connectivity index is 1.99. The first-order chi connectivity index (χ1) is 12.8. The number of hydrogen-bond donors (Lipinski definition) is 5. The molecule has 0 bridgehead atoms. The van der Waals surface area contributed by atoms with Crippen LogP contribution in [0.3, 0.4) is 0 Å². The Morgan fingerprint density at radius 1 is 1.25 bits per heavy atom. The van der Waals surface area contributed by atoms with Gasteiger partial charge in [-0.2, -0.15) is 0 Å². The van der Waals surface area contributed by atoms with E-state index in [1.165, 1.54) is 6.92 Å². The van der Waals surface area contributed by atoms with Crippen LogP contribution in [0.5, 0.6) is 0 Å². The number of aryl methyl sites for hydroxylation is 1. The fourth-order valence-corrected chi connectivity index (χ4v) is 5.08. The molecule has 1 aromatic rings. The molecule has 1 aromatic heterocycles. The van der Waals surface area contributed by atoms with E-state index in [0.29, 0.717) is 0 Å². The molecule has 1 saturated carbocycles. The van der Waals surface area contributed by atoms with Crippen LogP contribution in [-0.2, 0) is 22.9 Å². The maximum absolute atomic E-state index is 12.3. The Morgan fingerprint density at radius 2 is 1.89 bits per heavy atom. The largest absolute Gasteiger partial charge is 0.470 e. The molecule has 2 unspecified atom stereocenters. The second-order valence-corrected chi connectivity index (χ2v) is 9.84. The summed E-state index contributed by atoms with van der Waals surface area (Å²) in [5.41, 5.74) is -3.63. The number of aromatic amines is 1. The molecule has 0 aromatic carbocycles. The van der Waals surface area contributed by atoms with E-state index in [4.69, 9.17) is 19.0 Å². The number of aliphatic hydroxyl groups is 1. The van der Waals surface area contributed by atoms with Gasteiger partial charge in [-0.15, -0.1) is 0 Å². The molecule has 2 heterocycles. The van der Waals surface area contributed by atoms with Crippen molar-refractivity contribution in [3.8, 4) is 0 Å². The van der Waals surface area contributed by atoms with E-state index in [0.717, 1.165) is 10.8 Å². The van der Waals surface area contributed by atoms with Gasteiger partial charge in [-0.1, -0.05) is 6.92 Å². The first kappa shape index (κ1) is 21.6. The van der Waals surface area contributed by atoms with Gasteiger partial charge in [-0.3, -0.25) is 28.0 Å². The standard InChI is InChI=1S/C13H20N2O11P2/c1-3-4-27(19,20)25-9-11(15-5-6(2)10(16)14-12(15)17)24-7-8(13(7,9)18)26-28(21,22)23/h5,7-9,11,18H,3-4H2,1-2H3,(H,19,20)(H,14,16,17)(H2,21,22,23)/t7-,8?,9+,11-,13+/m1/s1. The lowest BCUT2D eigenvalue weighted by Crippen LogP contribution is -2.43. The highest BCUT2D eigenvalue weighted by Gasteiger charge is 2.80. The van der Waals surface area contributed by atoms with Crippen LogP contribution in [0.15, 0.2) is 15.8 Å². The van der Waals surface area contributed by atoms with Gasteiger partial charge in [0.1, 0.15) is 18.3 Å². The second kappa shape index (κ2) is 6.98. The predicted molar refractivity (Wildman–Crippen MR) is 91.7 cm³/mol. The van der Waals surface area contributed by atoms with Crippen LogP contribution in [0.1, 0.15) is 25.1 Å². The SMILES string of the molecule is CCCP(=O)(O)O[C@H]1[C@H](n2cc(C)c(=O)[nH]c2=O)O[C@@H]2C(OP(=O)(O)O)[C@@]21O. The fraction of sp³-hybridized carbons (Fsp3) is 0.692. The normalized spacial score (nSPS) is 34.1. The molecule has 5 N–H and O–H groups in total. The zero-order valence-corrected chi connectivity index (χ0v) is 16.6. The minimum Gasteiger partial charge on any atom is -0.381 e. The number of nitrogens with one attached hydrogen (secondary N) is 1. The topological polar surface area (TPSA) is 198 Å².